The molecule has 25 heavy (non-hydrogen) atoms. The molecule has 0 aliphatic heterocycles. The Morgan fingerprint density at radius 1 is 1.12 bits per heavy atom. The molecule has 0 fully saturated rings. The van der Waals surface area contributed by atoms with Crippen molar-refractivity contribution in [2.45, 2.75) is 23.6 Å². The minimum Gasteiger partial charge on any atom is -0.743 e. The summed E-state index contributed by atoms with van der Waals surface area (Å²) in [7, 11) is -6.21. The maximum absolute atomic E-state index is 13.2. The highest BCUT2D eigenvalue weighted by atomic mass is 32.2. The Hall–Kier alpha value is -2.06. The Labute approximate surface area is 137 Å². The van der Waals surface area contributed by atoms with E-state index in [0.717, 1.165) is 0 Å². The molecule has 8 nitrogen and oxygen atoms in total. The molecule has 0 heterocycles. The van der Waals surface area contributed by atoms with Crippen molar-refractivity contribution in [1.82, 2.24) is 0 Å². The van der Waals surface area contributed by atoms with Crippen molar-refractivity contribution in [1.29, 1.82) is 0 Å². The van der Waals surface area contributed by atoms with E-state index in [1.807, 2.05) is 0 Å². The fraction of sp³-hybridized carbons (Fsp3) is 0.455. The quantitative estimate of drug-likeness (QED) is 0.142. The Bertz CT molecular complexity index is 641. The van der Waals surface area contributed by atoms with E-state index in [2.05, 4.69) is 27.4 Å². The van der Waals surface area contributed by atoms with E-state index in [1.165, 1.54) is 0 Å². The number of alkyl halides is 5. The molecule has 0 aliphatic rings. The third-order valence-corrected chi connectivity index (χ3v) is 3.24. The molecule has 1 unspecified atom stereocenters. The van der Waals surface area contributed by atoms with Crippen LogP contribution in [0.2, 0.25) is 0 Å². The second kappa shape index (κ2) is 7.88. The van der Waals surface area contributed by atoms with E-state index < -0.39 is 52.3 Å². The van der Waals surface area contributed by atoms with Crippen molar-refractivity contribution < 1.29 is 58.7 Å². The summed E-state index contributed by atoms with van der Waals surface area (Å²) in [6.45, 7) is 3.73. The molecular formula is C11H10F5O8S-. The van der Waals surface area contributed by atoms with E-state index >= 15 is 0 Å². The van der Waals surface area contributed by atoms with Gasteiger partial charge in [0.1, 0.15) is 0 Å². The SMILES string of the molecule is C=COC(=O)C(OCCC(F)(F)S(=O)(=O)[O-])(OC(=O)C=C)C(F)(F)F. The number of hydrogen-bond donors (Lipinski definition) is 0. The molecule has 0 rings (SSSR count). The minimum atomic E-state index is -6.21. The summed E-state index contributed by atoms with van der Waals surface area (Å²) in [4.78, 5) is 22.6. The average Bonchev–Trinajstić information content (AvgIpc) is 2.43. The van der Waals surface area contributed by atoms with Crippen LogP contribution in [0.5, 0.6) is 0 Å². The summed E-state index contributed by atoms with van der Waals surface area (Å²) >= 11 is 0. The van der Waals surface area contributed by atoms with Crippen molar-refractivity contribution in [3.63, 3.8) is 0 Å². The molecule has 14 heteroatoms. The lowest BCUT2D eigenvalue weighted by Crippen LogP contribution is -2.58. The first-order chi connectivity index (χ1) is 11.1. The van der Waals surface area contributed by atoms with E-state index in [-0.39, 0.29) is 12.3 Å². The molecular weight excluding hydrogens is 387 g/mol. The van der Waals surface area contributed by atoms with Gasteiger partial charge in [0.15, 0.2) is 10.1 Å². The summed E-state index contributed by atoms with van der Waals surface area (Å²) < 4.78 is 108. The fourth-order valence-electron chi connectivity index (χ4n) is 1.16. The standard InChI is InChI=1S/C11H11F5O8S/c1-3-7(17)24-10(11(14,15)16,8(18)22-4-2)23-6-5-9(12,13)25(19,20)21/h3-4H,1-2,5-6H2,(H,19,20,21)/p-1. The largest absolute Gasteiger partial charge is 0.743 e. The van der Waals surface area contributed by atoms with Gasteiger partial charge < -0.3 is 18.8 Å². The van der Waals surface area contributed by atoms with Gasteiger partial charge in [-0.3, -0.25) is 0 Å². The molecule has 1 atom stereocenters. The Kier molecular flexibility index (Phi) is 7.23. The van der Waals surface area contributed by atoms with Crippen LogP contribution in [0.4, 0.5) is 22.0 Å². The smallest absolute Gasteiger partial charge is 0.468 e. The molecule has 144 valence electrons. The molecule has 0 aromatic heterocycles. The first-order valence-corrected chi connectivity index (χ1v) is 7.27. The third kappa shape index (κ3) is 5.47. The maximum atomic E-state index is 13.2. The molecule has 0 amide bonds. The summed E-state index contributed by atoms with van der Waals surface area (Å²) in [5.41, 5.74) is 0. The van der Waals surface area contributed by atoms with Crippen LogP contribution in [-0.4, -0.2) is 48.7 Å². The number of carbonyl (C=O) groups is 2. The predicted molar refractivity (Wildman–Crippen MR) is 66.6 cm³/mol. The Balaban J connectivity index is 5.72. The van der Waals surface area contributed by atoms with Crippen LogP contribution in [-0.2, 0) is 33.9 Å². The number of ether oxygens (including phenoxy) is 3. The molecule has 0 aromatic carbocycles. The Morgan fingerprint density at radius 3 is 2.00 bits per heavy atom. The molecule has 0 bridgehead atoms. The van der Waals surface area contributed by atoms with Crippen molar-refractivity contribution in [3.8, 4) is 0 Å². The second-order valence-electron chi connectivity index (χ2n) is 4.00. The topological polar surface area (TPSA) is 119 Å². The van der Waals surface area contributed by atoms with Gasteiger partial charge in [0, 0.05) is 12.5 Å². The highest BCUT2D eigenvalue weighted by Crippen LogP contribution is 2.37. The lowest BCUT2D eigenvalue weighted by molar-refractivity contribution is -0.354. The van der Waals surface area contributed by atoms with Gasteiger partial charge >= 0.3 is 29.2 Å². The van der Waals surface area contributed by atoms with Crippen molar-refractivity contribution >= 4 is 22.1 Å². The van der Waals surface area contributed by atoms with Crippen LogP contribution >= 0.6 is 0 Å². The molecule has 0 aromatic rings. The summed E-state index contributed by atoms with van der Waals surface area (Å²) in [5.74, 6) is -8.78. The van der Waals surface area contributed by atoms with Crippen molar-refractivity contribution in [2.75, 3.05) is 6.61 Å². The van der Waals surface area contributed by atoms with E-state index in [0.29, 0.717) is 0 Å². The lowest BCUT2D eigenvalue weighted by atomic mass is 10.2. The van der Waals surface area contributed by atoms with Gasteiger partial charge in [-0.25, -0.2) is 18.0 Å². The minimum absolute atomic E-state index is 0.196. The van der Waals surface area contributed by atoms with Crippen LogP contribution in [0.25, 0.3) is 0 Å². The van der Waals surface area contributed by atoms with Gasteiger partial charge in [-0.15, -0.1) is 0 Å². The number of carbonyl (C=O) groups excluding carboxylic acids is 2. The first kappa shape index (κ1) is 22.9. The Morgan fingerprint density at radius 2 is 1.64 bits per heavy atom. The van der Waals surface area contributed by atoms with Gasteiger partial charge in [0.25, 0.3) is 0 Å². The monoisotopic (exact) mass is 397 g/mol. The fourth-order valence-corrected chi connectivity index (χ4v) is 1.49. The zero-order valence-corrected chi connectivity index (χ0v) is 12.9. The number of rotatable bonds is 9. The van der Waals surface area contributed by atoms with E-state index in [9.17, 15) is 44.5 Å². The summed E-state index contributed by atoms with van der Waals surface area (Å²) in [6, 6.07) is 0. The van der Waals surface area contributed by atoms with Gasteiger partial charge in [-0.05, 0) is 0 Å². The highest BCUT2D eigenvalue weighted by Gasteiger charge is 2.67. The predicted octanol–water partition coefficient (Wildman–Crippen LogP) is 1.21. The van der Waals surface area contributed by atoms with Crippen LogP contribution < -0.4 is 0 Å². The molecule has 0 aliphatic carbocycles. The second-order valence-corrected chi connectivity index (χ2v) is 5.51. The number of hydrogen-bond acceptors (Lipinski definition) is 8. The highest BCUT2D eigenvalue weighted by molar-refractivity contribution is 7.86. The summed E-state index contributed by atoms with van der Waals surface area (Å²) in [5, 5.41) is -5.00. The zero-order chi connectivity index (χ0) is 20.1. The van der Waals surface area contributed by atoms with Crippen LogP contribution in [0.3, 0.4) is 0 Å². The van der Waals surface area contributed by atoms with Crippen molar-refractivity contribution in [2.24, 2.45) is 0 Å². The van der Waals surface area contributed by atoms with Crippen LogP contribution in [0.15, 0.2) is 25.5 Å². The van der Waals surface area contributed by atoms with E-state index in [4.69, 9.17) is 0 Å². The molecule has 0 spiro atoms. The zero-order valence-electron chi connectivity index (χ0n) is 12.0. The van der Waals surface area contributed by atoms with Crippen LogP contribution in [0.1, 0.15) is 6.42 Å². The molecule has 0 saturated carbocycles. The molecule has 0 N–H and O–H groups in total. The van der Waals surface area contributed by atoms with Gasteiger partial charge in [-0.1, -0.05) is 13.2 Å². The van der Waals surface area contributed by atoms with Gasteiger partial charge in [-0.2, -0.15) is 22.0 Å². The van der Waals surface area contributed by atoms with E-state index in [1.54, 1.807) is 0 Å². The van der Waals surface area contributed by atoms with Gasteiger partial charge in [0.2, 0.25) is 0 Å². The maximum Gasteiger partial charge on any atom is 0.468 e. The average molecular weight is 397 g/mol. The number of halogens is 5. The number of esters is 2. The molecule has 0 radical (unpaired) electrons. The first-order valence-electron chi connectivity index (χ1n) is 5.86. The summed E-state index contributed by atoms with van der Waals surface area (Å²) in [6.07, 6.45) is -7.51. The van der Waals surface area contributed by atoms with Crippen LogP contribution in [0, 0.1) is 0 Å². The lowest BCUT2D eigenvalue weighted by Gasteiger charge is -2.32. The third-order valence-electron chi connectivity index (χ3n) is 2.31. The van der Waals surface area contributed by atoms with Crippen molar-refractivity contribution in [3.05, 3.63) is 25.5 Å². The molecule has 0 saturated heterocycles. The van der Waals surface area contributed by atoms with Gasteiger partial charge in [0.05, 0.1) is 12.9 Å². The normalized spacial score (nSPS) is 15.0.